The monoisotopic (exact) mass is 251 g/mol. The van der Waals surface area contributed by atoms with Crippen LogP contribution in [0.1, 0.15) is 12.0 Å². The smallest absolute Gasteiger partial charge is 0.129 e. The third-order valence-electron chi connectivity index (χ3n) is 3.73. The fourth-order valence-electron chi connectivity index (χ4n) is 2.77. The van der Waals surface area contributed by atoms with Crippen LogP contribution in [0.3, 0.4) is 0 Å². The van der Waals surface area contributed by atoms with E-state index in [1.54, 1.807) is 6.07 Å². The third-order valence-corrected chi connectivity index (χ3v) is 3.73. The van der Waals surface area contributed by atoms with Crippen LogP contribution in [0, 0.1) is 11.7 Å². The van der Waals surface area contributed by atoms with Crippen molar-refractivity contribution in [3.8, 4) is 0 Å². The van der Waals surface area contributed by atoms with Crippen molar-refractivity contribution in [1.82, 2.24) is 4.90 Å². The highest BCUT2D eigenvalue weighted by molar-refractivity contribution is 5.53. The van der Waals surface area contributed by atoms with Gasteiger partial charge in [0.15, 0.2) is 0 Å². The lowest BCUT2D eigenvalue weighted by atomic mass is 10.1. The number of halogens is 1. The summed E-state index contributed by atoms with van der Waals surface area (Å²) >= 11 is 0. The molecule has 0 saturated carbocycles. The van der Waals surface area contributed by atoms with Gasteiger partial charge in [-0.2, -0.15) is 0 Å². The van der Waals surface area contributed by atoms with E-state index in [1.807, 2.05) is 13.1 Å². The van der Waals surface area contributed by atoms with Gasteiger partial charge in [-0.25, -0.2) is 4.39 Å². The van der Waals surface area contributed by atoms with Gasteiger partial charge in [0.1, 0.15) is 5.82 Å². The molecule has 100 valence electrons. The molecule has 0 aromatic heterocycles. The minimum Gasteiger partial charge on any atom is -0.374 e. The molecule has 1 atom stereocenters. The van der Waals surface area contributed by atoms with Crippen molar-refractivity contribution in [2.75, 3.05) is 38.6 Å². The zero-order chi connectivity index (χ0) is 13.1. The summed E-state index contributed by atoms with van der Waals surface area (Å²) in [4.78, 5) is 4.48. The molecule has 18 heavy (non-hydrogen) atoms. The van der Waals surface area contributed by atoms with Crippen LogP contribution < -0.4 is 10.6 Å². The Bertz CT molecular complexity index is 408. The molecule has 0 aliphatic carbocycles. The van der Waals surface area contributed by atoms with Crippen LogP contribution in [0.4, 0.5) is 10.1 Å². The first-order valence-corrected chi connectivity index (χ1v) is 6.49. The number of rotatable bonds is 4. The van der Waals surface area contributed by atoms with E-state index in [4.69, 9.17) is 5.73 Å². The van der Waals surface area contributed by atoms with E-state index < -0.39 is 0 Å². The second-order valence-corrected chi connectivity index (χ2v) is 5.24. The molecule has 3 nitrogen and oxygen atoms in total. The van der Waals surface area contributed by atoms with E-state index in [1.165, 1.54) is 12.5 Å². The molecule has 1 aliphatic rings. The van der Waals surface area contributed by atoms with Crippen LogP contribution in [-0.2, 0) is 6.54 Å². The molecular weight excluding hydrogens is 229 g/mol. The average molecular weight is 251 g/mol. The molecule has 0 amide bonds. The number of hydrogen-bond donors (Lipinski definition) is 1. The first-order valence-electron chi connectivity index (χ1n) is 6.49. The Morgan fingerprint density at radius 2 is 2.28 bits per heavy atom. The van der Waals surface area contributed by atoms with Crippen LogP contribution in [0.15, 0.2) is 18.2 Å². The molecule has 1 heterocycles. The zero-order valence-electron chi connectivity index (χ0n) is 11.2. The predicted octanol–water partition coefficient (Wildman–Crippen LogP) is 1.67. The molecule has 0 bridgehead atoms. The lowest BCUT2D eigenvalue weighted by Crippen LogP contribution is -2.28. The molecular formula is C14H22FN3. The SMILES string of the molecule is CN1CCC(CN(C)c2cccc(F)c2CN)C1. The number of hydrogen-bond acceptors (Lipinski definition) is 3. The van der Waals surface area contributed by atoms with E-state index in [0.29, 0.717) is 11.5 Å². The number of nitrogens with zero attached hydrogens (tertiary/aromatic N) is 2. The van der Waals surface area contributed by atoms with Gasteiger partial charge < -0.3 is 15.5 Å². The van der Waals surface area contributed by atoms with Gasteiger partial charge in [-0.05, 0) is 38.1 Å². The lowest BCUT2D eigenvalue weighted by molar-refractivity contribution is 0.396. The average Bonchev–Trinajstić information content (AvgIpc) is 2.74. The predicted molar refractivity (Wildman–Crippen MR) is 73.2 cm³/mol. The Morgan fingerprint density at radius 1 is 1.50 bits per heavy atom. The largest absolute Gasteiger partial charge is 0.374 e. The molecule has 1 saturated heterocycles. The Morgan fingerprint density at radius 3 is 2.89 bits per heavy atom. The van der Waals surface area contributed by atoms with Crippen LogP contribution >= 0.6 is 0 Å². The van der Waals surface area contributed by atoms with E-state index >= 15 is 0 Å². The lowest BCUT2D eigenvalue weighted by Gasteiger charge is -2.25. The highest BCUT2D eigenvalue weighted by atomic mass is 19.1. The molecule has 1 aromatic rings. The summed E-state index contributed by atoms with van der Waals surface area (Å²) in [5.74, 6) is 0.458. The highest BCUT2D eigenvalue weighted by Crippen LogP contribution is 2.24. The molecule has 1 aliphatic heterocycles. The number of anilines is 1. The van der Waals surface area contributed by atoms with Crippen LogP contribution in [-0.4, -0.2) is 38.6 Å². The fourth-order valence-corrected chi connectivity index (χ4v) is 2.77. The normalized spacial score (nSPS) is 20.3. The number of nitrogens with two attached hydrogens (primary N) is 1. The Hall–Kier alpha value is -1.13. The molecule has 1 fully saturated rings. The summed E-state index contributed by atoms with van der Waals surface area (Å²) in [6.07, 6.45) is 1.22. The second kappa shape index (κ2) is 5.67. The number of likely N-dealkylation sites (tertiary alicyclic amines) is 1. The minimum absolute atomic E-state index is 0.203. The van der Waals surface area contributed by atoms with Gasteiger partial charge in [-0.15, -0.1) is 0 Å². The molecule has 2 N–H and O–H groups in total. The summed E-state index contributed by atoms with van der Waals surface area (Å²) in [7, 11) is 4.17. The summed E-state index contributed by atoms with van der Waals surface area (Å²) in [6.45, 7) is 3.49. The summed E-state index contributed by atoms with van der Waals surface area (Å²) in [5.41, 5.74) is 7.18. The van der Waals surface area contributed by atoms with Crippen molar-refractivity contribution in [3.63, 3.8) is 0 Å². The minimum atomic E-state index is -0.203. The van der Waals surface area contributed by atoms with E-state index in [9.17, 15) is 4.39 Å². The van der Waals surface area contributed by atoms with E-state index in [-0.39, 0.29) is 12.4 Å². The zero-order valence-corrected chi connectivity index (χ0v) is 11.2. The maximum absolute atomic E-state index is 13.7. The Balaban J connectivity index is 2.08. The molecule has 0 spiro atoms. The van der Waals surface area contributed by atoms with Crippen molar-refractivity contribution in [2.45, 2.75) is 13.0 Å². The molecule has 1 aromatic carbocycles. The number of benzene rings is 1. The van der Waals surface area contributed by atoms with Gasteiger partial charge in [0, 0.05) is 37.9 Å². The summed E-state index contributed by atoms with van der Waals surface area (Å²) < 4.78 is 13.7. The van der Waals surface area contributed by atoms with Gasteiger partial charge in [-0.3, -0.25) is 0 Å². The third kappa shape index (κ3) is 2.82. The van der Waals surface area contributed by atoms with E-state index in [2.05, 4.69) is 16.8 Å². The molecule has 1 unspecified atom stereocenters. The quantitative estimate of drug-likeness (QED) is 0.883. The van der Waals surface area contributed by atoms with Gasteiger partial charge >= 0.3 is 0 Å². The maximum atomic E-state index is 13.7. The highest BCUT2D eigenvalue weighted by Gasteiger charge is 2.21. The summed E-state index contributed by atoms with van der Waals surface area (Å²) in [5, 5.41) is 0. The van der Waals surface area contributed by atoms with Crippen LogP contribution in [0.25, 0.3) is 0 Å². The second-order valence-electron chi connectivity index (χ2n) is 5.24. The fraction of sp³-hybridized carbons (Fsp3) is 0.571. The van der Waals surface area contributed by atoms with Crippen LogP contribution in [0.5, 0.6) is 0 Å². The van der Waals surface area contributed by atoms with Crippen molar-refractivity contribution in [1.29, 1.82) is 0 Å². The maximum Gasteiger partial charge on any atom is 0.129 e. The van der Waals surface area contributed by atoms with Crippen molar-refractivity contribution in [3.05, 3.63) is 29.6 Å². The Labute approximate surface area is 108 Å². The van der Waals surface area contributed by atoms with Crippen LogP contribution in [0.2, 0.25) is 0 Å². The van der Waals surface area contributed by atoms with Gasteiger partial charge in [-0.1, -0.05) is 6.07 Å². The van der Waals surface area contributed by atoms with Crippen molar-refractivity contribution < 1.29 is 4.39 Å². The van der Waals surface area contributed by atoms with Gasteiger partial charge in [0.05, 0.1) is 0 Å². The van der Waals surface area contributed by atoms with Crippen molar-refractivity contribution >= 4 is 5.69 Å². The molecule has 0 radical (unpaired) electrons. The topological polar surface area (TPSA) is 32.5 Å². The van der Waals surface area contributed by atoms with Gasteiger partial charge in [0.25, 0.3) is 0 Å². The standard InChI is InChI=1S/C14H22FN3/c1-17-7-6-11(9-17)10-18(2)14-5-3-4-13(15)12(14)8-16/h3-5,11H,6-10,16H2,1-2H3. The first kappa shape index (κ1) is 13.3. The van der Waals surface area contributed by atoms with E-state index in [0.717, 1.165) is 25.3 Å². The molecule has 2 rings (SSSR count). The van der Waals surface area contributed by atoms with Crippen molar-refractivity contribution in [2.24, 2.45) is 11.7 Å². The Kier molecular flexibility index (Phi) is 4.19. The van der Waals surface area contributed by atoms with Gasteiger partial charge in [0.2, 0.25) is 0 Å². The summed E-state index contributed by atoms with van der Waals surface area (Å²) in [6, 6.07) is 5.17. The molecule has 4 heteroatoms. The first-order chi connectivity index (χ1) is 8.61.